The van der Waals surface area contributed by atoms with E-state index >= 15 is 0 Å². The molecule has 2 N–H and O–H groups in total. The van der Waals surface area contributed by atoms with Gasteiger partial charge in [0.2, 0.25) is 5.24 Å². The lowest BCUT2D eigenvalue weighted by molar-refractivity contribution is -0.107. The maximum atomic E-state index is 14.6. The highest BCUT2D eigenvalue weighted by molar-refractivity contribution is 6.76. The minimum Gasteiger partial charge on any atom is -0.495 e. The van der Waals surface area contributed by atoms with E-state index in [4.69, 9.17) is 64.2 Å². The van der Waals surface area contributed by atoms with Crippen molar-refractivity contribution < 1.29 is 38.1 Å². The average Bonchev–Trinajstić information content (AvgIpc) is 3.14. The number of hydrogen-bond acceptors (Lipinski definition) is 12. The number of halogens is 3. The zero-order chi connectivity index (χ0) is 42.1. The second-order valence-corrected chi connectivity index (χ2v) is 21.8. The summed E-state index contributed by atoms with van der Waals surface area (Å²) < 4.78 is 28.7. The molecule has 2 heterocycles. The summed E-state index contributed by atoms with van der Waals surface area (Å²) in [5, 5.41) is -0.702. The Hall–Kier alpha value is -4.32. The van der Waals surface area contributed by atoms with Gasteiger partial charge in [0, 0.05) is 52.6 Å². The molecule has 0 radical (unpaired) electrons. The predicted molar refractivity (Wildman–Crippen MR) is 228 cm³/mol. The number of carbonyl (C=O) groups is 3. The number of hydrogen-bond donors (Lipinski definition) is 1. The van der Waals surface area contributed by atoms with Crippen molar-refractivity contribution in [3.63, 3.8) is 0 Å². The second kappa shape index (κ2) is 19.9. The molecule has 1 fully saturated rings. The Morgan fingerprint density at radius 1 is 1.02 bits per heavy atom. The minimum absolute atomic E-state index is 0.00681. The maximum Gasteiger partial charge on any atom is 0.420 e. The molecule has 0 atom stereocenters. The summed E-state index contributed by atoms with van der Waals surface area (Å²) in [5.41, 5.74) is 7.25. The van der Waals surface area contributed by atoms with Crippen molar-refractivity contribution in [1.82, 2.24) is 9.97 Å². The number of nitrogens with zero attached hydrogens (tertiary/aromatic N) is 6. The number of amides is 3. The van der Waals surface area contributed by atoms with E-state index < -0.39 is 31.0 Å². The molecule has 15 nitrogen and oxygen atoms in total. The van der Waals surface area contributed by atoms with Gasteiger partial charge in [0.1, 0.15) is 58.4 Å². The predicted octanol–water partition coefficient (Wildman–Crippen LogP) is 8.36. The number of aromatic nitrogens is 2. The van der Waals surface area contributed by atoms with E-state index in [1.54, 1.807) is 32.9 Å². The van der Waals surface area contributed by atoms with Gasteiger partial charge in [0.25, 0.3) is 0 Å². The molecule has 19 heteroatoms. The molecule has 57 heavy (non-hydrogen) atoms. The molecular formula is C38H50Cl3N7O8Si. The smallest absolute Gasteiger partial charge is 0.420 e. The average molecular weight is 867 g/mol. The van der Waals surface area contributed by atoms with Crippen LogP contribution in [-0.2, 0) is 19.0 Å². The number of methoxy groups -OCH3 is 1. The fraction of sp³-hybridized carbons (Fsp3) is 0.447. The van der Waals surface area contributed by atoms with E-state index in [0.29, 0.717) is 44.3 Å². The highest BCUT2D eigenvalue weighted by atomic mass is 35.5. The minimum atomic E-state index is -1.51. The number of rotatable bonds is 15. The molecule has 0 spiro atoms. The number of anilines is 6. The van der Waals surface area contributed by atoms with Crippen LogP contribution >= 0.6 is 34.8 Å². The van der Waals surface area contributed by atoms with Gasteiger partial charge in [-0.05, 0) is 68.8 Å². The van der Waals surface area contributed by atoms with Crippen molar-refractivity contribution in [2.75, 3.05) is 85.7 Å². The first-order valence-electron chi connectivity index (χ1n) is 18.1. The number of benzene rings is 2. The molecule has 1 aliphatic heterocycles. The summed E-state index contributed by atoms with van der Waals surface area (Å²) in [6.45, 7) is 14.4. The molecule has 4 rings (SSSR count). The van der Waals surface area contributed by atoms with Crippen molar-refractivity contribution >= 4 is 94.6 Å². The van der Waals surface area contributed by atoms with E-state index in [9.17, 15) is 14.4 Å². The summed E-state index contributed by atoms with van der Waals surface area (Å²) >= 11 is 19.2. The van der Waals surface area contributed by atoms with Crippen molar-refractivity contribution in [2.24, 2.45) is 0 Å². The van der Waals surface area contributed by atoms with Gasteiger partial charge in [0.05, 0.1) is 37.4 Å². The number of carbonyl (C=O) groups excluding carboxylic acids is 3. The molecule has 0 saturated carbocycles. The van der Waals surface area contributed by atoms with Gasteiger partial charge < -0.3 is 34.3 Å². The van der Waals surface area contributed by atoms with Crippen LogP contribution in [0.2, 0.25) is 35.7 Å². The van der Waals surface area contributed by atoms with Crippen LogP contribution in [0.4, 0.5) is 44.0 Å². The Balaban J connectivity index is 1.77. The third kappa shape index (κ3) is 12.6. The first kappa shape index (κ1) is 45.4. The van der Waals surface area contributed by atoms with Gasteiger partial charge >= 0.3 is 12.1 Å². The Kier molecular flexibility index (Phi) is 15.8. The number of urea groups is 1. The first-order valence-corrected chi connectivity index (χ1v) is 22.9. The van der Waals surface area contributed by atoms with Crippen LogP contribution < -0.4 is 34.8 Å². The molecular weight excluding hydrogens is 817 g/mol. The Morgan fingerprint density at radius 3 is 2.30 bits per heavy atom. The Morgan fingerprint density at radius 2 is 1.68 bits per heavy atom. The summed E-state index contributed by atoms with van der Waals surface area (Å²) in [6.07, 6.45) is 3.00. The van der Waals surface area contributed by atoms with Gasteiger partial charge in [-0.2, -0.15) is 0 Å². The SMILES string of the molecule is COc1cc(OC/C=C/C(=O)Cl)c(Cl)c(N(COCC[Si](C)(C)C)C(=O)N(C)c2cc(N(C(=O)OC(C)(C)C)c3ccc(N4CCOCC4)cc3N)ncn2)c1Cl. The van der Waals surface area contributed by atoms with Crippen molar-refractivity contribution in [3.05, 3.63) is 58.9 Å². The molecule has 1 aliphatic rings. The highest BCUT2D eigenvalue weighted by Crippen LogP contribution is 2.47. The zero-order valence-electron chi connectivity index (χ0n) is 33.4. The fourth-order valence-corrected chi connectivity index (χ4v) is 6.93. The van der Waals surface area contributed by atoms with E-state index in [-0.39, 0.29) is 52.2 Å². The van der Waals surface area contributed by atoms with E-state index in [0.717, 1.165) is 17.8 Å². The lowest BCUT2D eigenvalue weighted by atomic mass is 10.2. The monoisotopic (exact) mass is 865 g/mol. The number of morpholine rings is 1. The molecule has 0 bridgehead atoms. The summed E-state index contributed by atoms with van der Waals surface area (Å²) in [6, 6.07) is 8.43. The van der Waals surface area contributed by atoms with Crippen LogP contribution in [0.15, 0.2) is 48.8 Å². The normalized spacial score (nSPS) is 13.4. The Labute approximate surface area is 349 Å². The molecule has 3 aromatic rings. The lowest BCUT2D eigenvalue weighted by Crippen LogP contribution is -2.44. The molecule has 3 amide bonds. The number of ether oxygens (including phenoxy) is 5. The zero-order valence-corrected chi connectivity index (χ0v) is 36.7. The number of nitrogens with two attached hydrogens (primary N) is 1. The van der Waals surface area contributed by atoms with Crippen molar-refractivity contribution in [1.29, 1.82) is 0 Å². The van der Waals surface area contributed by atoms with Gasteiger partial charge in [-0.25, -0.2) is 24.5 Å². The number of allylic oxidation sites excluding steroid dienone is 1. The number of nitrogen functional groups attached to an aromatic ring is 1. The maximum absolute atomic E-state index is 14.6. The quantitative estimate of drug-likeness (QED) is 0.0389. The topological polar surface area (TPSA) is 162 Å². The van der Waals surface area contributed by atoms with E-state index in [2.05, 4.69) is 34.5 Å². The van der Waals surface area contributed by atoms with Crippen LogP contribution in [0.5, 0.6) is 11.5 Å². The summed E-state index contributed by atoms with van der Waals surface area (Å²) in [7, 11) is 1.37. The first-order chi connectivity index (χ1) is 26.8. The van der Waals surface area contributed by atoms with Crippen LogP contribution in [0.1, 0.15) is 20.8 Å². The van der Waals surface area contributed by atoms with Crippen LogP contribution in [-0.4, -0.2) is 101 Å². The van der Waals surface area contributed by atoms with E-state index in [1.807, 2.05) is 6.07 Å². The summed E-state index contributed by atoms with van der Waals surface area (Å²) in [5.74, 6) is 0.434. The van der Waals surface area contributed by atoms with Gasteiger partial charge in [0.15, 0.2) is 0 Å². The standard InChI is InChI=1S/C38H50Cl3N7O8Si/c1-38(2,3)56-37(51)48(27-12-11-25(20-26(27)42)46-13-16-53-17-14-46)32-22-31(43-23-44-32)45(4)36(50)47(24-54-18-19-57(6,7)8)35-33(40)28(52-5)21-29(34(35)41)55-15-9-10-30(39)49/h9-12,20-23H,13-19,24,42H2,1-8H3/b10-9+. The summed E-state index contributed by atoms with van der Waals surface area (Å²) in [4.78, 5) is 54.3. The molecule has 1 saturated heterocycles. The van der Waals surface area contributed by atoms with Crippen LogP contribution in [0, 0.1) is 0 Å². The van der Waals surface area contributed by atoms with E-state index in [1.165, 1.54) is 53.4 Å². The second-order valence-electron chi connectivity index (χ2n) is 15.1. The molecule has 0 unspecified atom stereocenters. The lowest BCUT2D eigenvalue weighted by Gasteiger charge is -2.31. The highest BCUT2D eigenvalue weighted by Gasteiger charge is 2.32. The van der Waals surface area contributed by atoms with Crippen LogP contribution in [0.3, 0.4) is 0 Å². The van der Waals surface area contributed by atoms with Crippen molar-refractivity contribution in [3.8, 4) is 11.5 Å². The Bertz CT molecular complexity index is 1940. The largest absolute Gasteiger partial charge is 0.495 e. The molecule has 2 aromatic carbocycles. The molecule has 0 aliphatic carbocycles. The van der Waals surface area contributed by atoms with Crippen molar-refractivity contribution in [2.45, 2.75) is 52.1 Å². The van der Waals surface area contributed by atoms with Gasteiger partial charge in [-0.15, -0.1) is 0 Å². The van der Waals surface area contributed by atoms with Crippen LogP contribution in [0.25, 0.3) is 0 Å². The fourth-order valence-electron chi connectivity index (χ4n) is 5.40. The third-order valence-corrected chi connectivity index (χ3v) is 10.9. The molecule has 310 valence electrons. The molecule has 1 aromatic heterocycles. The van der Waals surface area contributed by atoms with Gasteiger partial charge in [-0.3, -0.25) is 14.6 Å². The van der Waals surface area contributed by atoms with Gasteiger partial charge in [-0.1, -0.05) is 42.8 Å². The third-order valence-electron chi connectivity index (χ3n) is 8.33.